The minimum atomic E-state index is -0.381. The van der Waals surface area contributed by atoms with E-state index < -0.39 is 0 Å². The number of hydrogen-bond donors (Lipinski definition) is 2. The van der Waals surface area contributed by atoms with Crippen LogP contribution in [0.1, 0.15) is 15.9 Å². The van der Waals surface area contributed by atoms with Gasteiger partial charge in [-0.05, 0) is 65.4 Å². The van der Waals surface area contributed by atoms with Crippen LogP contribution in [0.3, 0.4) is 0 Å². The first-order chi connectivity index (χ1) is 12.0. The number of halogens is 2. The van der Waals surface area contributed by atoms with Gasteiger partial charge in [-0.2, -0.15) is 0 Å². The molecule has 5 nitrogen and oxygen atoms in total. The highest BCUT2D eigenvalue weighted by Gasteiger charge is 2.20. The molecule has 25 heavy (non-hydrogen) atoms. The molecule has 0 bridgehead atoms. The molecule has 132 valence electrons. The van der Waals surface area contributed by atoms with Crippen LogP contribution in [-0.2, 0) is 9.57 Å². The van der Waals surface area contributed by atoms with Crippen molar-refractivity contribution in [2.75, 3.05) is 25.1 Å². The molecule has 1 aliphatic heterocycles. The maximum absolute atomic E-state index is 14.1. The molecule has 0 atom stereocenters. The van der Waals surface area contributed by atoms with Gasteiger partial charge in [0, 0.05) is 9.49 Å². The maximum Gasteiger partial charge on any atom is 0.276 e. The molecule has 7 heteroatoms. The normalized spacial score (nSPS) is 14.0. The molecular formula is C18H18FIN2O3. The van der Waals surface area contributed by atoms with Crippen molar-refractivity contribution in [2.45, 2.75) is 6.92 Å². The fourth-order valence-electron chi connectivity index (χ4n) is 2.36. The number of amides is 1. The van der Waals surface area contributed by atoms with Crippen molar-refractivity contribution in [3.63, 3.8) is 0 Å². The molecule has 1 saturated heterocycles. The zero-order valence-electron chi connectivity index (χ0n) is 13.6. The van der Waals surface area contributed by atoms with Crippen LogP contribution >= 0.6 is 22.6 Å². The number of carbonyl (C=O) groups is 1. The Morgan fingerprint density at radius 3 is 2.76 bits per heavy atom. The molecule has 0 aliphatic carbocycles. The second-order valence-electron chi connectivity index (χ2n) is 5.94. The molecule has 0 radical (unpaired) electrons. The van der Waals surface area contributed by atoms with Crippen molar-refractivity contribution in [3.05, 3.63) is 56.9 Å². The van der Waals surface area contributed by atoms with Crippen LogP contribution in [0.2, 0.25) is 0 Å². The molecule has 0 aromatic heterocycles. The van der Waals surface area contributed by atoms with Crippen LogP contribution in [0.25, 0.3) is 0 Å². The Morgan fingerprint density at radius 2 is 2.08 bits per heavy atom. The highest BCUT2D eigenvalue weighted by Crippen LogP contribution is 2.25. The van der Waals surface area contributed by atoms with Gasteiger partial charge in [-0.15, -0.1) is 0 Å². The van der Waals surface area contributed by atoms with Crippen LogP contribution in [0.15, 0.2) is 36.4 Å². The van der Waals surface area contributed by atoms with Gasteiger partial charge in [0.15, 0.2) is 0 Å². The average molecular weight is 456 g/mol. The first kappa shape index (κ1) is 18.1. The van der Waals surface area contributed by atoms with Crippen molar-refractivity contribution in [2.24, 2.45) is 5.92 Å². The third-order valence-corrected chi connectivity index (χ3v) is 4.48. The second kappa shape index (κ2) is 8.11. The summed E-state index contributed by atoms with van der Waals surface area (Å²) in [5, 5.41) is 3.00. The van der Waals surface area contributed by atoms with Crippen molar-refractivity contribution < 1.29 is 18.8 Å². The highest BCUT2D eigenvalue weighted by molar-refractivity contribution is 14.1. The molecule has 1 heterocycles. The van der Waals surface area contributed by atoms with Crippen LogP contribution in [0, 0.1) is 22.2 Å². The number of rotatable bonds is 6. The minimum Gasteiger partial charge on any atom is -0.381 e. The topological polar surface area (TPSA) is 59.6 Å². The monoisotopic (exact) mass is 456 g/mol. The Morgan fingerprint density at radius 1 is 1.28 bits per heavy atom. The molecule has 3 rings (SSSR count). The van der Waals surface area contributed by atoms with Crippen LogP contribution in [0.4, 0.5) is 15.8 Å². The van der Waals surface area contributed by atoms with Crippen molar-refractivity contribution >= 4 is 39.9 Å². The summed E-state index contributed by atoms with van der Waals surface area (Å²) in [4.78, 5) is 17.6. The Labute approximate surface area is 159 Å². The highest BCUT2D eigenvalue weighted by atomic mass is 127. The van der Waals surface area contributed by atoms with E-state index in [0.717, 1.165) is 9.13 Å². The molecule has 1 aliphatic rings. The fraction of sp³-hybridized carbons (Fsp3) is 0.278. The Hall–Kier alpha value is -1.71. The Kier molecular flexibility index (Phi) is 5.87. The van der Waals surface area contributed by atoms with Gasteiger partial charge in [-0.1, -0.05) is 6.07 Å². The largest absolute Gasteiger partial charge is 0.381 e. The number of ether oxygens (including phenoxy) is 1. The van der Waals surface area contributed by atoms with Gasteiger partial charge in [0.1, 0.15) is 5.82 Å². The lowest BCUT2D eigenvalue weighted by Crippen LogP contribution is -2.35. The van der Waals surface area contributed by atoms with Crippen LogP contribution < -0.4 is 10.8 Å². The van der Waals surface area contributed by atoms with E-state index >= 15 is 0 Å². The predicted molar refractivity (Wildman–Crippen MR) is 101 cm³/mol. The number of hydrogen-bond acceptors (Lipinski definition) is 4. The van der Waals surface area contributed by atoms with E-state index in [-0.39, 0.29) is 11.7 Å². The number of anilines is 2. The second-order valence-corrected chi connectivity index (χ2v) is 7.19. The standard InChI is InChI=1S/C18H18FIN2O3/c1-11-2-4-14(18(23)22-25-10-12-8-24-9-12)17(6-11)21-16-5-3-13(20)7-15(16)19/h2-7,12,21H,8-10H2,1H3,(H,22,23). The third-order valence-electron chi connectivity index (χ3n) is 3.81. The summed E-state index contributed by atoms with van der Waals surface area (Å²) in [6, 6.07) is 10.2. The lowest BCUT2D eigenvalue weighted by atomic mass is 10.1. The smallest absolute Gasteiger partial charge is 0.276 e. The van der Waals surface area contributed by atoms with Crippen molar-refractivity contribution in [1.82, 2.24) is 5.48 Å². The van der Waals surface area contributed by atoms with E-state index in [0.29, 0.717) is 42.7 Å². The first-order valence-electron chi connectivity index (χ1n) is 7.85. The number of carbonyl (C=O) groups excluding carboxylic acids is 1. The first-order valence-corrected chi connectivity index (χ1v) is 8.93. The number of aryl methyl sites for hydroxylation is 1. The summed E-state index contributed by atoms with van der Waals surface area (Å²) in [6.07, 6.45) is 0. The maximum atomic E-state index is 14.1. The van der Waals surface area contributed by atoms with E-state index in [4.69, 9.17) is 9.57 Å². The molecule has 0 saturated carbocycles. The molecule has 2 aromatic rings. The summed E-state index contributed by atoms with van der Waals surface area (Å²) < 4.78 is 20.0. The summed E-state index contributed by atoms with van der Waals surface area (Å²) in [5.41, 5.74) is 4.61. The lowest BCUT2D eigenvalue weighted by molar-refractivity contribution is -0.0864. The van der Waals surface area contributed by atoms with Gasteiger partial charge in [-0.25, -0.2) is 9.87 Å². The molecule has 2 aromatic carbocycles. The minimum absolute atomic E-state index is 0.313. The van der Waals surface area contributed by atoms with Crippen molar-refractivity contribution in [3.8, 4) is 0 Å². The van der Waals surface area contributed by atoms with Gasteiger partial charge in [0.25, 0.3) is 5.91 Å². The summed E-state index contributed by atoms with van der Waals surface area (Å²) in [5.74, 6) is -0.438. The van der Waals surface area contributed by atoms with E-state index in [9.17, 15) is 9.18 Å². The zero-order valence-corrected chi connectivity index (χ0v) is 15.8. The van der Waals surface area contributed by atoms with Gasteiger partial charge in [-0.3, -0.25) is 9.63 Å². The van der Waals surface area contributed by atoms with E-state index in [1.54, 1.807) is 24.3 Å². The quantitative estimate of drug-likeness (QED) is 0.513. The van der Waals surface area contributed by atoms with Gasteiger partial charge < -0.3 is 10.1 Å². The molecule has 2 N–H and O–H groups in total. The number of benzene rings is 2. The third kappa shape index (κ3) is 4.68. The average Bonchev–Trinajstić information content (AvgIpc) is 2.52. The molecule has 0 unspecified atom stereocenters. The summed E-state index contributed by atoms with van der Waals surface area (Å²) >= 11 is 2.05. The molecule has 0 spiro atoms. The predicted octanol–water partition coefficient (Wildman–Crippen LogP) is 3.79. The number of nitrogens with one attached hydrogen (secondary N) is 2. The molecular weight excluding hydrogens is 438 g/mol. The lowest BCUT2D eigenvalue weighted by Gasteiger charge is -2.25. The van der Waals surface area contributed by atoms with Crippen LogP contribution in [0.5, 0.6) is 0 Å². The summed E-state index contributed by atoms with van der Waals surface area (Å²) in [6.45, 7) is 3.62. The van der Waals surface area contributed by atoms with E-state index in [1.165, 1.54) is 6.07 Å². The van der Waals surface area contributed by atoms with Crippen LogP contribution in [-0.4, -0.2) is 25.7 Å². The van der Waals surface area contributed by atoms with E-state index in [1.807, 2.05) is 35.6 Å². The number of hydroxylamine groups is 1. The summed E-state index contributed by atoms with van der Waals surface area (Å²) in [7, 11) is 0. The Balaban J connectivity index is 1.73. The van der Waals surface area contributed by atoms with Gasteiger partial charge in [0.05, 0.1) is 36.8 Å². The Bertz CT molecular complexity index is 781. The fourth-order valence-corrected chi connectivity index (χ4v) is 2.81. The SMILES string of the molecule is Cc1ccc(C(=O)NOCC2COC2)c(Nc2ccc(I)cc2F)c1. The molecule has 1 fully saturated rings. The molecule has 1 amide bonds. The van der Waals surface area contributed by atoms with Crippen molar-refractivity contribution in [1.29, 1.82) is 0 Å². The van der Waals surface area contributed by atoms with E-state index in [2.05, 4.69) is 10.8 Å². The van der Waals surface area contributed by atoms with Gasteiger partial charge >= 0.3 is 0 Å². The zero-order chi connectivity index (χ0) is 17.8. The van der Waals surface area contributed by atoms with Gasteiger partial charge in [0.2, 0.25) is 0 Å².